The third kappa shape index (κ3) is 5.04. The molecule has 0 aliphatic carbocycles. The number of methoxy groups -OCH3 is 1. The van der Waals surface area contributed by atoms with Crippen molar-refractivity contribution in [2.24, 2.45) is 0 Å². The van der Waals surface area contributed by atoms with E-state index in [1.54, 1.807) is 30.2 Å². The molecule has 3 aromatic rings. The van der Waals surface area contributed by atoms with Crippen LogP contribution in [0.5, 0.6) is 5.75 Å². The molecule has 0 unspecified atom stereocenters. The Labute approximate surface area is 199 Å². The first kappa shape index (κ1) is 23.3. The molecule has 1 aromatic carbocycles. The number of aromatic nitrogens is 2. The average molecular weight is 469 g/mol. The molecule has 1 aliphatic rings. The number of carbonyl (C=O) groups is 1. The van der Waals surface area contributed by atoms with Crippen molar-refractivity contribution in [1.29, 1.82) is 0 Å². The summed E-state index contributed by atoms with van der Waals surface area (Å²) >= 11 is 6.06. The number of piperidine rings is 1. The van der Waals surface area contributed by atoms with Crippen molar-refractivity contribution in [3.8, 4) is 17.0 Å². The molecule has 2 aromatic heterocycles. The van der Waals surface area contributed by atoms with Gasteiger partial charge in [0.05, 0.1) is 12.8 Å². The molecule has 3 heterocycles. The molecule has 0 N–H and O–H groups in total. The van der Waals surface area contributed by atoms with Gasteiger partial charge in [-0.1, -0.05) is 28.9 Å². The number of benzene rings is 1. The number of ether oxygens (including phenoxy) is 1. The molecule has 0 spiro atoms. The van der Waals surface area contributed by atoms with Gasteiger partial charge in [0.2, 0.25) is 5.76 Å². The van der Waals surface area contributed by atoms with Crippen molar-refractivity contribution in [2.75, 3.05) is 27.2 Å². The SMILES string of the molecule is COc1c(C)cnc(CN2CCC(N(C)C(=O)c3cc(-c4cccc(Cl)c4)no3)CC2)c1C. The first-order chi connectivity index (χ1) is 15.9. The fraction of sp³-hybridized carbons (Fsp3) is 0.400. The largest absolute Gasteiger partial charge is 0.496 e. The molecule has 0 radical (unpaired) electrons. The molecule has 1 fully saturated rings. The summed E-state index contributed by atoms with van der Waals surface area (Å²) < 4.78 is 10.9. The van der Waals surface area contributed by atoms with Gasteiger partial charge in [-0.25, -0.2) is 0 Å². The zero-order valence-electron chi connectivity index (χ0n) is 19.5. The van der Waals surface area contributed by atoms with Gasteiger partial charge in [0, 0.05) is 66.7 Å². The van der Waals surface area contributed by atoms with Gasteiger partial charge < -0.3 is 14.2 Å². The van der Waals surface area contributed by atoms with Gasteiger partial charge in [-0.15, -0.1) is 0 Å². The van der Waals surface area contributed by atoms with Gasteiger partial charge in [0.25, 0.3) is 5.91 Å². The van der Waals surface area contributed by atoms with Crippen LogP contribution in [0, 0.1) is 13.8 Å². The summed E-state index contributed by atoms with van der Waals surface area (Å²) in [4.78, 5) is 21.8. The molecule has 4 rings (SSSR count). The summed E-state index contributed by atoms with van der Waals surface area (Å²) in [5.41, 5.74) is 4.59. The summed E-state index contributed by atoms with van der Waals surface area (Å²) in [6.07, 6.45) is 3.65. The van der Waals surface area contributed by atoms with Gasteiger partial charge in [0.1, 0.15) is 11.4 Å². The number of carbonyl (C=O) groups excluding carboxylic acids is 1. The molecule has 174 valence electrons. The molecule has 0 saturated carbocycles. The number of hydrogen-bond acceptors (Lipinski definition) is 6. The van der Waals surface area contributed by atoms with Crippen LogP contribution in [-0.2, 0) is 6.54 Å². The van der Waals surface area contributed by atoms with Crippen LogP contribution < -0.4 is 4.74 Å². The Morgan fingerprint density at radius 2 is 2.03 bits per heavy atom. The van der Waals surface area contributed by atoms with Crippen LogP contribution in [0.25, 0.3) is 11.3 Å². The molecule has 0 atom stereocenters. The highest BCUT2D eigenvalue weighted by Crippen LogP contribution is 2.27. The summed E-state index contributed by atoms with van der Waals surface area (Å²) in [5, 5.41) is 4.67. The fourth-order valence-corrected chi connectivity index (χ4v) is 4.60. The van der Waals surface area contributed by atoms with Crippen molar-refractivity contribution >= 4 is 17.5 Å². The first-order valence-corrected chi connectivity index (χ1v) is 11.5. The Bertz CT molecular complexity index is 1140. The van der Waals surface area contributed by atoms with Gasteiger partial charge in [0.15, 0.2) is 0 Å². The number of nitrogens with zero attached hydrogens (tertiary/aromatic N) is 4. The Kier molecular flexibility index (Phi) is 7.00. The quantitative estimate of drug-likeness (QED) is 0.519. The minimum absolute atomic E-state index is 0.148. The maximum absolute atomic E-state index is 13.0. The number of rotatable bonds is 6. The summed E-state index contributed by atoms with van der Waals surface area (Å²) in [6.45, 7) is 6.63. The van der Waals surface area contributed by atoms with Crippen molar-refractivity contribution in [1.82, 2.24) is 19.9 Å². The van der Waals surface area contributed by atoms with E-state index in [1.807, 2.05) is 32.3 Å². The Balaban J connectivity index is 1.36. The van der Waals surface area contributed by atoms with Gasteiger partial charge >= 0.3 is 0 Å². The Morgan fingerprint density at radius 1 is 1.27 bits per heavy atom. The maximum Gasteiger partial charge on any atom is 0.292 e. The third-order valence-electron chi connectivity index (χ3n) is 6.39. The lowest BCUT2D eigenvalue weighted by molar-refractivity contribution is 0.0596. The van der Waals surface area contributed by atoms with E-state index in [0.29, 0.717) is 10.7 Å². The van der Waals surface area contributed by atoms with Crippen LogP contribution >= 0.6 is 11.6 Å². The second-order valence-corrected chi connectivity index (χ2v) is 8.99. The second-order valence-electron chi connectivity index (χ2n) is 8.56. The fourth-order valence-electron chi connectivity index (χ4n) is 4.41. The molecule has 8 heteroatoms. The van der Waals surface area contributed by atoms with Gasteiger partial charge in [-0.05, 0) is 38.8 Å². The normalized spacial score (nSPS) is 14.9. The summed E-state index contributed by atoms with van der Waals surface area (Å²) in [6, 6.07) is 9.15. The smallest absolute Gasteiger partial charge is 0.292 e. The van der Waals surface area contributed by atoms with E-state index in [2.05, 4.69) is 22.0 Å². The number of pyridine rings is 1. The summed E-state index contributed by atoms with van der Waals surface area (Å²) in [7, 11) is 3.53. The first-order valence-electron chi connectivity index (χ1n) is 11.1. The molecule has 1 aliphatic heterocycles. The minimum Gasteiger partial charge on any atom is -0.496 e. The zero-order valence-corrected chi connectivity index (χ0v) is 20.2. The van der Waals surface area contributed by atoms with E-state index in [9.17, 15) is 4.79 Å². The minimum atomic E-state index is -0.157. The number of amides is 1. The number of halogens is 1. The molecular weight excluding hydrogens is 440 g/mol. The Morgan fingerprint density at radius 3 is 2.73 bits per heavy atom. The van der Waals surface area contributed by atoms with Crippen LogP contribution in [0.15, 0.2) is 41.1 Å². The van der Waals surface area contributed by atoms with Crippen LogP contribution in [0.2, 0.25) is 5.02 Å². The third-order valence-corrected chi connectivity index (χ3v) is 6.62. The highest BCUT2D eigenvalue weighted by atomic mass is 35.5. The lowest BCUT2D eigenvalue weighted by Crippen LogP contribution is -2.45. The van der Waals surface area contributed by atoms with E-state index in [-0.39, 0.29) is 17.7 Å². The van der Waals surface area contributed by atoms with Gasteiger partial charge in [-0.2, -0.15) is 0 Å². The average Bonchev–Trinajstić information content (AvgIpc) is 3.31. The predicted molar refractivity (Wildman–Crippen MR) is 128 cm³/mol. The highest BCUT2D eigenvalue weighted by molar-refractivity contribution is 6.30. The van der Waals surface area contributed by atoms with Crippen molar-refractivity contribution < 1.29 is 14.1 Å². The molecule has 33 heavy (non-hydrogen) atoms. The van der Waals surface area contributed by atoms with E-state index in [0.717, 1.165) is 60.6 Å². The number of likely N-dealkylation sites (tertiary alicyclic amines) is 1. The molecule has 7 nitrogen and oxygen atoms in total. The molecule has 1 saturated heterocycles. The van der Waals surface area contributed by atoms with Crippen LogP contribution in [0.1, 0.15) is 40.2 Å². The molecule has 1 amide bonds. The van der Waals surface area contributed by atoms with Crippen molar-refractivity contribution in [2.45, 2.75) is 39.3 Å². The van der Waals surface area contributed by atoms with E-state index < -0.39 is 0 Å². The monoisotopic (exact) mass is 468 g/mol. The topological polar surface area (TPSA) is 71.7 Å². The van der Waals surface area contributed by atoms with Crippen LogP contribution in [0.4, 0.5) is 0 Å². The predicted octanol–water partition coefficient (Wildman–Crippen LogP) is 4.75. The van der Waals surface area contributed by atoms with Crippen molar-refractivity contribution in [3.63, 3.8) is 0 Å². The van der Waals surface area contributed by atoms with Crippen LogP contribution in [-0.4, -0.2) is 59.1 Å². The standard InChI is InChI=1S/C25H29ClN4O3/c1-16-14-27-22(17(2)24(16)32-4)15-30-10-8-20(9-11-30)29(3)25(31)23-13-21(28-33-23)18-6-5-7-19(26)12-18/h5-7,12-14,20H,8-11,15H2,1-4H3. The van der Waals surface area contributed by atoms with E-state index >= 15 is 0 Å². The molecule has 0 bridgehead atoms. The van der Waals surface area contributed by atoms with E-state index in [1.165, 1.54) is 0 Å². The zero-order chi connectivity index (χ0) is 23.5. The van der Waals surface area contributed by atoms with Crippen molar-refractivity contribution in [3.05, 3.63) is 64.1 Å². The Hall–Kier alpha value is -2.90. The van der Waals surface area contributed by atoms with E-state index in [4.69, 9.17) is 20.9 Å². The molecular formula is C25H29ClN4O3. The highest BCUT2D eigenvalue weighted by Gasteiger charge is 2.28. The second kappa shape index (κ2) is 9.93. The maximum atomic E-state index is 13.0. The number of hydrogen-bond donors (Lipinski definition) is 0. The lowest BCUT2D eigenvalue weighted by Gasteiger charge is -2.36. The van der Waals surface area contributed by atoms with Crippen LogP contribution in [0.3, 0.4) is 0 Å². The number of aryl methyl sites for hydroxylation is 1. The summed E-state index contributed by atoms with van der Waals surface area (Å²) in [5.74, 6) is 0.987. The lowest BCUT2D eigenvalue weighted by atomic mass is 10.0. The van der Waals surface area contributed by atoms with Gasteiger partial charge in [-0.3, -0.25) is 14.7 Å².